The van der Waals surface area contributed by atoms with E-state index in [0.717, 1.165) is 0 Å². The van der Waals surface area contributed by atoms with Gasteiger partial charge in [0.15, 0.2) is 5.52 Å². The fraction of sp³-hybridized carbons (Fsp3) is 0. The first-order valence-corrected chi connectivity index (χ1v) is 4.61. The summed E-state index contributed by atoms with van der Waals surface area (Å²) < 4.78 is 21.0. The maximum absolute atomic E-state index is 11.4. The summed E-state index contributed by atoms with van der Waals surface area (Å²) in [4.78, 5) is 39.5. The Kier molecular flexibility index (Phi) is 1.94. The lowest BCUT2D eigenvalue weighted by Crippen LogP contribution is -2.36. The lowest BCUT2D eigenvalue weighted by atomic mass is 10.5. The molecule has 0 radical (unpaired) electrons. The first-order valence-electron chi connectivity index (χ1n) is 3.58. The Morgan fingerprint density at radius 2 is 1.80 bits per heavy atom. The second kappa shape index (κ2) is 3.03. The SMILES string of the molecule is O=c1[nH]c2[nH]c(=O)n(S(=O)[O-])c(=O)c2[nH]1. The van der Waals surface area contributed by atoms with Gasteiger partial charge in [-0.05, 0) is 0 Å². The molecule has 15 heavy (non-hydrogen) atoms. The molecule has 2 aromatic heterocycles. The van der Waals surface area contributed by atoms with E-state index in [9.17, 15) is 23.1 Å². The van der Waals surface area contributed by atoms with Crippen molar-refractivity contribution < 1.29 is 8.76 Å². The Labute approximate surface area is 82.2 Å². The number of aromatic amines is 3. The summed E-state index contributed by atoms with van der Waals surface area (Å²) in [7, 11) is 0. The minimum absolute atomic E-state index is 0.0356. The second-order valence-electron chi connectivity index (χ2n) is 2.58. The van der Waals surface area contributed by atoms with Crippen LogP contribution in [0.15, 0.2) is 14.4 Å². The molecule has 1 unspecified atom stereocenters. The first-order chi connectivity index (χ1) is 7.00. The molecule has 10 heteroatoms. The van der Waals surface area contributed by atoms with Crippen molar-refractivity contribution in [2.24, 2.45) is 0 Å². The number of imidazole rings is 1. The molecule has 0 aliphatic rings. The average molecular weight is 231 g/mol. The Bertz CT molecular complexity index is 717. The van der Waals surface area contributed by atoms with Gasteiger partial charge in [-0.2, -0.15) is 3.97 Å². The van der Waals surface area contributed by atoms with Crippen LogP contribution in [0.1, 0.15) is 0 Å². The molecule has 0 fully saturated rings. The molecule has 9 nitrogen and oxygen atoms in total. The van der Waals surface area contributed by atoms with Crippen molar-refractivity contribution in [3.63, 3.8) is 0 Å². The summed E-state index contributed by atoms with van der Waals surface area (Å²) in [5.41, 5.74) is -3.41. The van der Waals surface area contributed by atoms with Crippen LogP contribution in [0.3, 0.4) is 0 Å². The van der Waals surface area contributed by atoms with Crippen LogP contribution in [-0.2, 0) is 11.3 Å². The lowest BCUT2D eigenvalue weighted by molar-refractivity contribution is 0.523. The van der Waals surface area contributed by atoms with Crippen LogP contribution < -0.4 is 16.9 Å². The van der Waals surface area contributed by atoms with Gasteiger partial charge in [0.2, 0.25) is 0 Å². The van der Waals surface area contributed by atoms with Crippen molar-refractivity contribution in [1.82, 2.24) is 18.9 Å². The largest absolute Gasteiger partial charge is 0.755 e. The fourth-order valence-electron chi connectivity index (χ4n) is 1.12. The molecule has 2 heterocycles. The summed E-state index contributed by atoms with van der Waals surface area (Å²) in [5.74, 6) is 0. The van der Waals surface area contributed by atoms with Crippen LogP contribution in [0.5, 0.6) is 0 Å². The maximum atomic E-state index is 11.4. The van der Waals surface area contributed by atoms with E-state index in [1.54, 1.807) is 0 Å². The van der Waals surface area contributed by atoms with Gasteiger partial charge >= 0.3 is 11.4 Å². The van der Waals surface area contributed by atoms with Gasteiger partial charge in [0.1, 0.15) is 5.65 Å². The third-order valence-corrected chi connectivity index (χ3v) is 2.32. The second-order valence-corrected chi connectivity index (χ2v) is 3.38. The molecule has 3 N–H and O–H groups in total. The van der Waals surface area contributed by atoms with Crippen molar-refractivity contribution in [2.75, 3.05) is 0 Å². The van der Waals surface area contributed by atoms with Gasteiger partial charge in [0, 0.05) is 0 Å². The van der Waals surface area contributed by atoms with Crippen molar-refractivity contribution in [1.29, 1.82) is 0 Å². The predicted molar refractivity (Wildman–Crippen MR) is 48.1 cm³/mol. The van der Waals surface area contributed by atoms with Crippen molar-refractivity contribution >= 4 is 22.4 Å². The molecular weight excluding hydrogens is 228 g/mol. The van der Waals surface area contributed by atoms with Crippen LogP contribution in [0.25, 0.3) is 11.2 Å². The molecule has 0 spiro atoms. The molecule has 0 amide bonds. The zero-order chi connectivity index (χ0) is 11.2. The molecule has 0 aromatic carbocycles. The van der Waals surface area contributed by atoms with Crippen molar-refractivity contribution in [2.45, 2.75) is 0 Å². The van der Waals surface area contributed by atoms with E-state index in [0.29, 0.717) is 0 Å². The monoisotopic (exact) mass is 231 g/mol. The van der Waals surface area contributed by atoms with Gasteiger partial charge in [-0.25, -0.2) is 9.59 Å². The molecule has 0 aliphatic carbocycles. The highest BCUT2D eigenvalue weighted by molar-refractivity contribution is 7.77. The van der Waals surface area contributed by atoms with Crippen LogP contribution in [0.2, 0.25) is 0 Å². The number of rotatable bonds is 1. The molecule has 2 rings (SSSR count). The van der Waals surface area contributed by atoms with E-state index in [4.69, 9.17) is 0 Å². The lowest BCUT2D eigenvalue weighted by Gasteiger charge is -2.05. The fourth-order valence-corrected chi connectivity index (χ4v) is 1.53. The van der Waals surface area contributed by atoms with Crippen LogP contribution in [-0.4, -0.2) is 27.7 Å². The third-order valence-electron chi connectivity index (χ3n) is 1.69. The molecule has 80 valence electrons. The van der Waals surface area contributed by atoms with Crippen LogP contribution in [0, 0.1) is 0 Å². The Morgan fingerprint density at radius 3 is 2.40 bits per heavy atom. The highest BCUT2D eigenvalue weighted by Crippen LogP contribution is 1.91. The average Bonchev–Trinajstić information content (AvgIpc) is 2.45. The first kappa shape index (κ1) is 9.61. The van der Waals surface area contributed by atoms with Crippen LogP contribution in [0.4, 0.5) is 0 Å². The minimum Gasteiger partial charge on any atom is -0.755 e. The number of fused-ring (bicyclic) bond motifs is 1. The molecule has 0 bridgehead atoms. The smallest absolute Gasteiger partial charge is 0.341 e. The van der Waals surface area contributed by atoms with Crippen molar-refractivity contribution in [3.8, 4) is 0 Å². The van der Waals surface area contributed by atoms with E-state index in [-0.39, 0.29) is 15.1 Å². The van der Waals surface area contributed by atoms with E-state index < -0.39 is 28.2 Å². The normalized spacial score (nSPS) is 13.1. The highest BCUT2D eigenvalue weighted by Gasteiger charge is 2.10. The topological polar surface area (TPSA) is 144 Å². The summed E-state index contributed by atoms with van der Waals surface area (Å²) in [6, 6.07) is 0. The van der Waals surface area contributed by atoms with E-state index in [1.807, 2.05) is 4.98 Å². The van der Waals surface area contributed by atoms with Gasteiger partial charge in [0.05, 0.1) is 11.3 Å². The Hall–Kier alpha value is -1.94. The summed E-state index contributed by atoms with van der Waals surface area (Å²) in [6.45, 7) is 0. The molecule has 2 aromatic rings. The number of nitrogens with one attached hydrogen (secondary N) is 3. The quantitative estimate of drug-likeness (QED) is 0.459. The summed E-state index contributed by atoms with van der Waals surface area (Å²) >= 11 is -3.02. The van der Waals surface area contributed by atoms with E-state index >= 15 is 0 Å². The zero-order valence-electron chi connectivity index (χ0n) is 6.90. The standard InChI is InChI=1S/C5H4N4O5S/c10-3-1-2(7-4(11)6-1)8-5(12)9(3)15(13)14/h(H,8,12)(H,13,14)(H2,6,7,11)/p-1. The highest BCUT2D eigenvalue weighted by atomic mass is 32.2. The third kappa shape index (κ3) is 1.35. The number of hydrogen-bond donors (Lipinski definition) is 3. The van der Waals surface area contributed by atoms with Gasteiger partial charge in [-0.3, -0.25) is 24.0 Å². The van der Waals surface area contributed by atoms with Gasteiger partial charge in [0.25, 0.3) is 5.56 Å². The number of H-pyrrole nitrogens is 3. The van der Waals surface area contributed by atoms with Gasteiger partial charge in [-0.15, -0.1) is 0 Å². The zero-order valence-corrected chi connectivity index (χ0v) is 7.71. The minimum atomic E-state index is -3.02. The number of nitrogens with zero attached hydrogens (tertiary/aromatic N) is 1. The Balaban J connectivity index is 3.09. The predicted octanol–water partition coefficient (Wildman–Crippen LogP) is -2.65. The van der Waals surface area contributed by atoms with E-state index in [2.05, 4.69) is 9.97 Å². The Morgan fingerprint density at radius 1 is 1.13 bits per heavy atom. The molecular formula is C5H3N4O5S-. The summed E-state index contributed by atoms with van der Waals surface area (Å²) in [6.07, 6.45) is 0. The van der Waals surface area contributed by atoms with Gasteiger partial charge < -0.3 is 4.55 Å². The molecule has 1 atom stereocenters. The van der Waals surface area contributed by atoms with Crippen molar-refractivity contribution in [3.05, 3.63) is 31.3 Å². The summed E-state index contributed by atoms with van der Waals surface area (Å²) in [5, 5.41) is 0. The number of aromatic nitrogens is 4. The maximum Gasteiger partial charge on any atom is 0.341 e. The number of hydrogen-bond acceptors (Lipinski definition) is 5. The molecule has 0 saturated heterocycles. The van der Waals surface area contributed by atoms with E-state index in [1.165, 1.54) is 0 Å². The molecule has 0 aliphatic heterocycles. The van der Waals surface area contributed by atoms with Crippen LogP contribution >= 0.6 is 0 Å². The van der Waals surface area contributed by atoms with Gasteiger partial charge in [-0.1, -0.05) is 0 Å². The molecule has 0 saturated carbocycles.